The number of hydrogen-bond acceptors (Lipinski definition) is 3. The van der Waals surface area contributed by atoms with Gasteiger partial charge in [-0.2, -0.15) is 0 Å². The molecule has 2 aromatic rings. The molecule has 1 aliphatic rings. The highest BCUT2D eigenvalue weighted by Crippen LogP contribution is 2.30. The first kappa shape index (κ1) is 23.6. The van der Waals surface area contributed by atoms with Crippen LogP contribution >= 0.6 is 11.6 Å². The van der Waals surface area contributed by atoms with Crippen LogP contribution in [-0.4, -0.2) is 35.6 Å². The highest BCUT2D eigenvalue weighted by molar-refractivity contribution is 6.27. The van der Waals surface area contributed by atoms with E-state index >= 15 is 0 Å². The number of rotatable bonds is 9. The Hall–Kier alpha value is -2.02. The zero-order valence-corrected chi connectivity index (χ0v) is 18.4. The van der Waals surface area contributed by atoms with E-state index in [1.807, 2.05) is 0 Å². The molecule has 3 rings (SSSR count). The molecule has 0 saturated carbocycles. The van der Waals surface area contributed by atoms with Gasteiger partial charge in [0.15, 0.2) is 0 Å². The summed E-state index contributed by atoms with van der Waals surface area (Å²) in [4.78, 5) is 11.9. The van der Waals surface area contributed by atoms with Gasteiger partial charge in [0.25, 0.3) is 0 Å². The molecule has 4 nitrogen and oxygen atoms in total. The minimum absolute atomic E-state index is 0.0847. The third-order valence-corrected chi connectivity index (χ3v) is 6.06. The van der Waals surface area contributed by atoms with Crippen LogP contribution < -0.4 is 10.6 Å². The molecule has 0 bridgehead atoms. The molecular formula is C24H29ClF2N2O2. The molecule has 3 atom stereocenters. The summed E-state index contributed by atoms with van der Waals surface area (Å²) in [5.41, 5.74) is 4.20. The van der Waals surface area contributed by atoms with Gasteiger partial charge >= 0.3 is 0 Å². The molecule has 0 aromatic heterocycles. The van der Waals surface area contributed by atoms with Crippen LogP contribution in [0.2, 0.25) is 0 Å². The van der Waals surface area contributed by atoms with E-state index in [-0.39, 0.29) is 24.9 Å². The normalized spacial score (nSPS) is 17.6. The molecule has 1 amide bonds. The van der Waals surface area contributed by atoms with Gasteiger partial charge in [-0.05, 0) is 66.5 Å². The number of aliphatic hydroxyl groups excluding tert-OH is 1. The van der Waals surface area contributed by atoms with Gasteiger partial charge in [-0.15, -0.1) is 11.6 Å². The number of aliphatic hydroxyl groups is 1. The summed E-state index contributed by atoms with van der Waals surface area (Å²) in [6.45, 7) is 2.35. The molecule has 0 spiro atoms. The van der Waals surface area contributed by atoms with Crippen molar-refractivity contribution in [1.82, 2.24) is 10.6 Å². The van der Waals surface area contributed by atoms with Crippen molar-refractivity contribution < 1.29 is 18.7 Å². The molecule has 1 unspecified atom stereocenters. The lowest BCUT2D eigenvalue weighted by Gasteiger charge is -2.30. The monoisotopic (exact) mass is 450 g/mol. The summed E-state index contributed by atoms with van der Waals surface area (Å²) < 4.78 is 27.2. The van der Waals surface area contributed by atoms with Gasteiger partial charge in [0.05, 0.1) is 12.1 Å². The Morgan fingerprint density at radius 2 is 1.94 bits per heavy atom. The first-order chi connectivity index (χ1) is 14.9. The van der Waals surface area contributed by atoms with Crippen molar-refractivity contribution in [3.63, 3.8) is 0 Å². The fraction of sp³-hybridized carbons (Fsp3) is 0.458. The highest BCUT2D eigenvalue weighted by Gasteiger charge is 2.25. The largest absolute Gasteiger partial charge is 0.390 e. The second kappa shape index (κ2) is 11.0. The summed E-state index contributed by atoms with van der Waals surface area (Å²) in [6, 6.07) is 9.14. The number of hydrogen-bond donors (Lipinski definition) is 3. The summed E-state index contributed by atoms with van der Waals surface area (Å²) >= 11 is 5.61. The van der Waals surface area contributed by atoms with E-state index in [0.717, 1.165) is 31.7 Å². The summed E-state index contributed by atoms with van der Waals surface area (Å²) in [5.74, 6) is -2.10. The van der Waals surface area contributed by atoms with Gasteiger partial charge < -0.3 is 15.7 Å². The maximum atomic E-state index is 13.6. The maximum Gasteiger partial charge on any atom is 0.235 e. The van der Waals surface area contributed by atoms with Crippen LogP contribution in [0.1, 0.15) is 48.1 Å². The predicted molar refractivity (Wildman–Crippen MR) is 118 cm³/mol. The molecule has 0 aliphatic heterocycles. The number of halogens is 3. The summed E-state index contributed by atoms with van der Waals surface area (Å²) in [6.07, 6.45) is 3.14. The number of carbonyl (C=O) groups is 1. The van der Waals surface area contributed by atoms with E-state index in [0.29, 0.717) is 5.56 Å². The average Bonchev–Trinajstić information content (AvgIpc) is 2.75. The quantitative estimate of drug-likeness (QED) is 0.509. The van der Waals surface area contributed by atoms with E-state index in [4.69, 9.17) is 11.6 Å². The second-order valence-electron chi connectivity index (χ2n) is 8.10. The van der Waals surface area contributed by atoms with E-state index < -0.39 is 29.7 Å². The van der Waals surface area contributed by atoms with Crippen molar-refractivity contribution in [3.05, 3.63) is 70.3 Å². The van der Waals surface area contributed by atoms with Gasteiger partial charge in [0, 0.05) is 18.7 Å². The molecule has 168 valence electrons. The van der Waals surface area contributed by atoms with Crippen LogP contribution in [0.4, 0.5) is 8.78 Å². The van der Waals surface area contributed by atoms with Crippen molar-refractivity contribution in [2.45, 2.75) is 57.2 Å². The van der Waals surface area contributed by atoms with Crippen molar-refractivity contribution in [2.75, 3.05) is 12.4 Å². The maximum absolute atomic E-state index is 13.6. The van der Waals surface area contributed by atoms with E-state index in [2.05, 4.69) is 35.8 Å². The van der Waals surface area contributed by atoms with Gasteiger partial charge in [-0.3, -0.25) is 4.79 Å². The smallest absolute Gasteiger partial charge is 0.235 e. The van der Waals surface area contributed by atoms with Crippen LogP contribution in [0, 0.1) is 11.6 Å². The number of aryl methyl sites for hydroxylation is 2. The first-order valence-corrected chi connectivity index (χ1v) is 11.3. The molecule has 0 saturated heterocycles. The first-order valence-electron chi connectivity index (χ1n) is 10.7. The Kier molecular flexibility index (Phi) is 8.41. The number of amides is 1. The second-order valence-corrected chi connectivity index (χ2v) is 8.36. The van der Waals surface area contributed by atoms with E-state index in [1.54, 1.807) is 0 Å². The average molecular weight is 451 g/mol. The Labute approximate surface area is 187 Å². The third kappa shape index (κ3) is 6.48. The zero-order chi connectivity index (χ0) is 22.4. The Balaban J connectivity index is 1.70. The van der Waals surface area contributed by atoms with Crippen LogP contribution in [0.15, 0.2) is 36.4 Å². The minimum Gasteiger partial charge on any atom is -0.390 e. The predicted octanol–water partition coefficient (Wildman–Crippen LogP) is 3.82. The van der Waals surface area contributed by atoms with Gasteiger partial charge in [0.2, 0.25) is 5.91 Å². The Morgan fingerprint density at radius 3 is 2.61 bits per heavy atom. The SMILES string of the molecule is CCc1ccc2c(c1)C(NC[C@@H](O)[C@H](Cc1cc(F)cc(F)c1)NC(=O)CCl)CCC2. The van der Waals surface area contributed by atoms with Crippen LogP contribution in [-0.2, 0) is 24.1 Å². The van der Waals surface area contributed by atoms with Crippen molar-refractivity contribution in [3.8, 4) is 0 Å². The van der Waals surface area contributed by atoms with Gasteiger partial charge in [-0.25, -0.2) is 8.78 Å². The van der Waals surface area contributed by atoms with E-state index in [9.17, 15) is 18.7 Å². The molecule has 0 heterocycles. The highest BCUT2D eigenvalue weighted by atomic mass is 35.5. The van der Waals surface area contributed by atoms with Gasteiger partial charge in [-0.1, -0.05) is 25.1 Å². The lowest BCUT2D eigenvalue weighted by Crippen LogP contribution is -2.49. The summed E-state index contributed by atoms with van der Waals surface area (Å²) in [7, 11) is 0. The number of carbonyl (C=O) groups excluding carboxylic acids is 1. The third-order valence-electron chi connectivity index (χ3n) is 5.82. The Morgan fingerprint density at radius 1 is 1.19 bits per heavy atom. The standard InChI is InChI=1S/C24H29ClF2N2O2/c1-2-15-6-7-17-4-3-5-21(20(17)10-15)28-14-23(30)22(29-24(31)13-25)11-16-8-18(26)12-19(27)9-16/h6-10,12,21-23,28,30H,2-5,11,13-14H2,1H3,(H,29,31)/t21?,22-,23+/m0/s1. The number of benzene rings is 2. The summed E-state index contributed by atoms with van der Waals surface area (Å²) in [5, 5.41) is 16.9. The fourth-order valence-electron chi connectivity index (χ4n) is 4.20. The van der Waals surface area contributed by atoms with Crippen LogP contribution in [0.25, 0.3) is 0 Å². The minimum atomic E-state index is -0.960. The lowest BCUT2D eigenvalue weighted by molar-refractivity contribution is -0.120. The molecule has 3 N–H and O–H groups in total. The molecule has 1 aliphatic carbocycles. The number of alkyl halides is 1. The molecule has 0 fully saturated rings. The Bertz CT molecular complexity index is 889. The molecule has 0 radical (unpaired) electrons. The molecule has 2 aromatic carbocycles. The number of fused-ring (bicyclic) bond motifs is 1. The van der Waals surface area contributed by atoms with Crippen molar-refractivity contribution >= 4 is 17.5 Å². The van der Waals surface area contributed by atoms with Gasteiger partial charge in [0.1, 0.15) is 17.5 Å². The van der Waals surface area contributed by atoms with Crippen LogP contribution in [0.5, 0.6) is 0 Å². The lowest BCUT2D eigenvalue weighted by atomic mass is 9.86. The van der Waals surface area contributed by atoms with Crippen molar-refractivity contribution in [1.29, 1.82) is 0 Å². The van der Waals surface area contributed by atoms with Crippen LogP contribution in [0.3, 0.4) is 0 Å². The zero-order valence-electron chi connectivity index (χ0n) is 17.6. The van der Waals surface area contributed by atoms with E-state index in [1.165, 1.54) is 28.8 Å². The topological polar surface area (TPSA) is 61.4 Å². The molecular weight excluding hydrogens is 422 g/mol. The van der Waals surface area contributed by atoms with Crippen molar-refractivity contribution in [2.24, 2.45) is 0 Å². The fourth-order valence-corrected chi connectivity index (χ4v) is 4.27. The molecule has 7 heteroatoms. The molecule has 31 heavy (non-hydrogen) atoms. The number of nitrogens with one attached hydrogen (secondary N) is 2.